The Morgan fingerprint density at radius 3 is 2.27 bits per heavy atom. The molecular weight excluding hydrogens is 318 g/mol. The maximum atomic E-state index is 4.46. The van der Waals surface area contributed by atoms with Crippen molar-refractivity contribution in [2.24, 2.45) is 7.05 Å². The average molecular weight is 339 g/mol. The second kappa shape index (κ2) is 7.36. The molecule has 2 aromatic carbocycles. The van der Waals surface area contributed by atoms with Gasteiger partial charge in [-0.2, -0.15) is 0 Å². The molecule has 3 heteroatoms. The fourth-order valence-electron chi connectivity index (χ4n) is 3.15. The van der Waals surface area contributed by atoms with Gasteiger partial charge in [0.1, 0.15) is 5.82 Å². The van der Waals surface area contributed by atoms with E-state index in [-0.39, 0.29) is 0 Å². The summed E-state index contributed by atoms with van der Waals surface area (Å²) in [4.78, 5) is 4.46. The summed E-state index contributed by atoms with van der Waals surface area (Å²) in [5.74, 6) is 0.892. The van der Waals surface area contributed by atoms with Gasteiger partial charge in [0, 0.05) is 18.6 Å². The first-order chi connectivity index (χ1) is 12.8. The molecule has 4 rings (SSSR count). The van der Waals surface area contributed by atoms with E-state index in [1.54, 1.807) is 0 Å². The molecule has 0 radical (unpaired) electrons. The number of aryl methyl sites for hydroxylation is 1. The summed E-state index contributed by atoms with van der Waals surface area (Å²) < 4.78 is 3.80. The zero-order valence-electron chi connectivity index (χ0n) is 14.8. The summed E-state index contributed by atoms with van der Waals surface area (Å²) in [7, 11) is 1.96. The first-order valence-corrected chi connectivity index (χ1v) is 8.80. The smallest absolute Gasteiger partial charge is 0.244 e. The first kappa shape index (κ1) is 16.3. The van der Waals surface area contributed by atoms with Crippen LogP contribution < -0.4 is 4.57 Å². The van der Waals surface area contributed by atoms with Crippen molar-refractivity contribution in [1.29, 1.82) is 0 Å². The van der Waals surface area contributed by atoms with E-state index in [9.17, 15) is 0 Å². The summed E-state index contributed by atoms with van der Waals surface area (Å²) in [5.41, 5.74) is 5.25. The topological polar surface area (TPSA) is 21.7 Å². The molecule has 0 aliphatic heterocycles. The first-order valence-electron chi connectivity index (χ1n) is 8.80. The molecule has 4 aromatic rings. The van der Waals surface area contributed by atoms with Crippen molar-refractivity contribution in [3.8, 4) is 5.82 Å². The molecule has 26 heavy (non-hydrogen) atoms. The number of pyridine rings is 1. The number of hydrogen-bond donors (Lipinski definition) is 0. The second-order valence-corrected chi connectivity index (χ2v) is 6.56. The third-order valence-corrected chi connectivity index (χ3v) is 4.41. The van der Waals surface area contributed by atoms with Crippen molar-refractivity contribution in [2.45, 2.75) is 12.8 Å². The molecule has 2 heterocycles. The Hall–Kier alpha value is -3.20. The van der Waals surface area contributed by atoms with Gasteiger partial charge >= 0.3 is 0 Å². The van der Waals surface area contributed by atoms with Gasteiger partial charge in [0.2, 0.25) is 6.33 Å². The lowest BCUT2D eigenvalue weighted by molar-refractivity contribution is -0.674. The maximum Gasteiger partial charge on any atom is 0.244 e. The molecule has 0 atom stereocenters. The maximum absolute atomic E-state index is 4.46. The molecule has 0 aliphatic rings. The Labute approximate surface area is 154 Å². The van der Waals surface area contributed by atoms with Crippen LogP contribution in [0, 0.1) is 6.33 Å². The zero-order chi connectivity index (χ0) is 17.8. The van der Waals surface area contributed by atoms with Crippen LogP contribution in [0.5, 0.6) is 0 Å². The molecule has 128 valence electrons. The van der Waals surface area contributed by atoms with Crippen LogP contribution in [0.4, 0.5) is 0 Å². The minimum atomic E-state index is 0.892. The number of rotatable bonds is 5. The summed E-state index contributed by atoms with van der Waals surface area (Å²) in [6.45, 7) is 0. The SMILES string of the molecule is C[n+]1[c-]n(-c2cc(Cc3cccc(Cc4ccccc4)c3)ccn2)cc1. The van der Waals surface area contributed by atoms with Crippen molar-refractivity contribution in [3.63, 3.8) is 0 Å². The molecule has 0 fully saturated rings. The lowest BCUT2D eigenvalue weighted by Crippen LogP contribution is -2.24. The fourth-order valence-corrected chi connectivity index (χ4v) is 3.15. The zero-order valence-corrected chi connectivity index (χ0v) is 14.8. The van der Waals surface area contributed by atoms with Crippen LogP contribution in [0.15, 0.2) is 85.3 Å². The molecular formula is C23H21N3. The van der Waals surface area contributed by atoms with E-state index in [0.717, 1.165) is 18.7 Å². The minimum absolute atomic E-state index is 0.892. The molecule has 0 saturated carbocycles. The Bertz CT molecular complexity index is 1000. The predicted octanol–water partition coefficient (Wildman–Crippen LogP) is 3.68. The van der Waals surface area contributed by atoms with Gasteiger partial charge in [-0.25, -0.2) is 0 Å². The molecule has 0 bridgehead atoms. The van der Waals surface area contributed by atoms with E-state index < -0.39 is 0 Å². The van der Waals surface area contributed by atoms with E-state index in [2.05, 4.69) is 78.0 Å². The molecule has 0 saturated heterocycles. The summed E-state index contributed by atoms with van der Waals surface area (Å²) in [6, 6.07) is 23.6. The van der Waals surface area contributed by atoms with Gasteiger partial charge in [-0.3, -0.25) is 4.98 Å². The van der Waals surface area contributed by atoms with Crippen LogP contribution in [0.2, 0.25) is 0 Å². The highest BCUT2D eigenvalue weighted by Crippen LogP contribution is 2.16. The lowest BCUT2D eigenvalue weighted by Gasteiger charge is -2.08. The van der Waals surface area contributed by atoms with Crippen LogP contribution in [-0.4, -0.2) is 9.55 Å². The molecule has 0 spiro atoms. The number of benzene rings is 2. The second-order valence-electron chi connectivity index (χ2n) is 6.56. The van der Waals surface area contributed by atoms with Gasteiger partial charge in [0.25, 0.3) is 0 Å². The van der Waals surface area contributed by atoms with Crippen molar-refractivity contribution in [2.75, 3.05) is 0 Å². The van der Waals surface area contributed by atoms with E-state index in [1.165, 1.54) is 22.3 Å². The number of nitrogens with zero attached hydrogens (tertiary/aromatic N) is 3. The quantitative estimate of drug-likeness (QED) is 0.401. The number of aromatic nitrogens is 3. The normalized spacial score (nSPS) is 10.8. The molecule has 0 amide bonds. The molecule has 0 N–H and O–H groups in total. The van der Waals surface area contributed by atoms with Crippen LogP contribution >= 0.6 is 0 Å². The predicted molar refractivity (Wildman–Crippen MR) is 102 cm³/mol. The van der Waals surface area contributed by atoms with Crippen LogP contribution in [-0.2, 0) is 19.9 Å². The van der Waals surface area contributed by atoms with Gasteiger partial charge < -0.3 is 9.13 Å². The van der Waals surface area contributed by atoms with Gasteiger partial charge in [-0.1, -0.05) is 54.6 Å². The highest BCUT2D eigenvalue weighted by Gasteiger charge is 2.03. The summed E-state index contributed by atoms with van der Waals surface area (Å²) in [6.07, 6.45) is 10.8. The van der Waals surface area contributed by atoms with Gasteiger partial charge in [0.05, 0.1) is 7.05 Å². The lowest BCUT2D eigenvalue weighted by atomic mass is 9.99. The minimum Gasteiger partial charge on any atom is -0.323 e. The Balaban J connectivity index is 1.53. The van der Waals surface area contributed by atoms with Gasteiger partial charge in [-0.05, 0) is 47.2 Å². The molecule has 0 aliphatic carbocycles. The Morgan fingerprint density at radius 1 is 0.846 bits per heavy atom. The molecule has 0 unspecified atom stereocenters. The highest BCUT2D eigenvalue weighted by molar-refractivity contribution is 5.35. The molecule has 3 nitrogen and oxygen atoms in total. The van der Waals surface area contributed by atoms with E-state index in [4.69, 9.17) is 0 Å². The summed E-state index contributed by atoms with van der Waals surface area (Å²) >= 11 is 0. The highest BCUT2D eigenvalue weighted by atomic mass is 15.1. The third kappa shape index (κ3) is 3.89. The molecule has 2 aromatic heterocycles. The fraction of sp³-hybridized carbons (Fsp3) is 0.130. The van der Waals surface area contributed by atoms with Crippen LogP contribution in [0.3, 0.4) is 0 Å². The third-order valence-electron chi connectivity index (χ3n) is 4.41. The number of imidazole rings is 1. The Kier molecular flexibility index (Phi) is 4.61. The monoisotopic (exact) mass is 339 g/mol. The van der Waals surface area contributed by atoms with Crippen molar-refractivity contribution >= 4 is 0 Å². The van der Waals surface area contributed by atoms with Gasteiger partial charge in [0.15, 0.2) is 0 Å². The van der Waals surface area contributed by atoms with E-state index in [1.807, 2.05) is 34.8 Å². The largest absolute Gasteiger partial charge is 0.323 e. The van der Waals surface area contributed by atoms with E-state index in [0.29, 0.717) is 0 Å². The van der Waals surface area contributed by atoms with Crippen molar-refractivity contribution in [3.05, 3.63) is 114 Å². The van der Waals surface area contributed by atoms with Crippen molar-refractivity contribution < 1.29 is 4.57 Å². The van der Waals surface area contributed by atoms with Crippen LogP contribution in [0.1, 0.15) is 22.3 Å². The van der Waals surface area contributed by atoms with E-state index >= 15 is 0 Å². The Morgan fingerprint density at radius 2 is 1.54 bits per heavy atom. The average Bonchev–Trinajstić information content (AvgIpc) is 3.10. The van der Waals surface area contributed by atoms with Gasteiger partial charge in [-0.15, -0.1) is 0 Å². The number of hydrogen-bond acceptors (Lipinski definition) is 1. The van der Waals surface area contributed by atoms with Crippen molar-refractivity contribution in [1.82, 2.24) is 9.55 Å². The summed E-state index contributed by atoms with van der Waals surface area (Å²) in [5, 5.41) is 0. The van der Waals surface area contributed by atoms with Crippen LogP contribution in [0.25, 0.3) is 5.82 Å². The standard InChI is InChI=1S/C23H21N3/c1-25-12-13-26(18-25)23-17-22(10-11-24-23)16-21-9-5-8-20(15-21)14-19-6-3-2-4-7-19/h2-13,15,17H,14,16H2,1H3.